The molecule has 0 spiro atoms. The summed E-state index contributed by atoms with van der Waals surface area (Å²) in [4.78, 5) is 16.0. The van der Waals surface area contributed by atoms with Crippen LogP contribution in [0.1, 0.15) is 5.69 Å². The first-order valence-electron chi connectivity index (χ1n) is 5.44. The number of thioether (sulfide) groups is 1. The second kappa shape index (κ2) is 5.37. The minimum absolute atomic E-state index is 0.00523. The predicted molar refractivity (Wildman–Crippen MR) is 67.8 cm³/mol. The van der Waals surface area contributed by atoms with Gasteiger partial charge in [-0.25, -0.2) is 4.98 Å². The lowest BCUT2D eigenvalue weighted by molar-refractivity contribution is -0.122. The third kappa shape index (κ3) is 2.70. The minimum Gasteiger partial charge on any atom is -0.349 e. The van der Waals surface area contributed by atoms with Crippen LogP contribution >= 0.6 is 11.8 Å². The normalized spacial score (nSPS) is 18.6. The van der Waals surface area contributed by atoms with E-state index in [-0.39, 0.29) is 11.9 Å². The maximum atomic E-state index is 11.7. The zero-order valence-electron chi connectivity index (χ0n) is 9.93. The molecule has 2 rings (SSSR count). The molecule has 0 radical (unpaired) electrons. The molecule has 0 aromatic carbocycles. The standard InChI is InChI=1S/C11H16N4OS/c1-15-8(7-14-11(15)17-2)6-13-10(16)9-4-3-5-12-9/h3-4,7,9,12H,5-6H2,1-2H3,(H,13,16). The van der Waals surface area contributed by atoms with Gasteiger partial charge in [-0.05, 0) is 6.26 Å². The fourth-order valence-corrected chi connectivity index (χ4v) is 2.26. The van der Waals surface area contributed by atoms with Crippen molar-refractivity contribution in [3.05, 3.63) is 24.0 Å². The van der Waals surface area contributed by atoms with Crippen LogP contribution in [0.4, 0.5) is 0 Å². The zero-order valence-corrected chi connectivity index (χ0v) is 10.8. The molecule has 6 heteroatoms. The number of aromatic nitrogens is 2. The second-order valence-electron chi connectivity index (χ2n) is 3.83. The molecule has 5 nitrogen and oxygen atoms in total. The Labute approximate surface area is 105 Å². The van der Waals surface area contributed by atoms with Gasteiger partial charge >= 0.3 is 0 Å². The third-order valence-electron chi connectivity index (χ3n) is 2.73. The zero-order chi connectivity index (χ0) is 12.3. The number of carbonyl (C=O) groups excluding carboxylic acids is 1. The number of hydrogen-bond donors (Lipinski definition) is 2. The molecule has 0 bridgehead atoms. The summed E-state index contributed by atoms with van der Waals surface area (Å²) < 4.78 is 1.99. The molecule has 0 saturated carbocycles. The van der Waals surface area contributed by atoms with Crippen LogP contribution in [0.3, 0.4) is 0 Å². The van der Waals surface area contributed by atoms with Crippen LogP contribution < -0.4 is 10.6 Å². The van der Waals surface area contributed by atoms with Crippen molar-refractivity contribution in [3.63, 3.8) is 0 Å². The topological polar surface area (TPSA) is 59.0 Å². The molecule has 0 saturated heterocycles. The number of nitrogens with one attached hydrogen (secondary N) is 2. The van der Waals surface area contributed by atoms with Crippen LogP contribution in [0.15, 0.2) is 23.5 Å². The third-order valence-corrected chi connectivity index (χ3v) is 3.48. The Bertz CT molecular complexity index is 441. The van der Waals surface area contributed by atoms with E-state index in [1.165, 1.54) is 0 Å². The summed E-state index contributed by atoms with van der Waals surface area (Å²) in [5.74, 6) is 0.00523. The molecule has 17 heavy (non-hydrogen) atoms. The van der Waals surface area contributed by atoms with E-state index >= 15 is 0 Å². The SMILES string of the molecule is CSc1ncc(CNC(=O)C2C=CCN2)n1C. The summed E-state index contributed by atoms with van der Waals surface area (Å²) in [6.07, 6.45) is 7.62. The number of carbonyl (C=O) groups is 1. The number of rotatable bonds is 4. The average molecular weight is 252 g/mol. The van der Waals surface area contributed by atoms with Crippen molar-refractivity contribution in [2.24, 2.45) is 7.05 Å². The van der Waals surface area contributed by atoms with Crippen molar-refractivity contribution in [1.82, 2.24) is 20.2 Å². The van der Waals surface area contributed by atoms with E-state index in [1.54, 1.807) is 18.0 Å². The van der Waals surface area contributed by atoms with E-state index < -0.39 is 0 Å². The van der Waals surface area contributed by atoms with Gasteiger partial charge < -0.3 is 9.88 Å². The van der Waals surface area contributed by atoms with E-state index in [0.717, 1.165) is 17.4 Å². The number of amides is 1. The smallest absolute Gasteiger partial charge is 0.241 e. The highest BCUT2D eigenvalue weighted by molar-refractivity contribution is 7.98. The van der Waals surface area contributed by atoms with Crippen LogP contribution in [0, 0.1) is 0 Å². The lowest BCUT2D eigenvalue weighted by atomic mass is 10.3. The highest BCUT2D eigenvalue weighted by atomic mass is 32.2. The first-order chi connectivity index (χ1) is 8.22. The summed E-state index contributed by atoms with van der Waals surface area (Å²) >= 11 is 1.59. The van der Waals surface area contributed by atoms with Gasteiger partial charge in [-0.1, -0.05) is 23.9 Å². The molecule has 92 valence electrons. The Balaban J connectivity index is 1.91. The summed E-state index contributed by atoms with van der Waals surface area (Å²) in [5, 5.41) is 6.92. The Morgan fingerprint density at radius 3 is 3.18 bits per heavy atom. The molecule has 0 fully saturated rings. The molecule has 1 aromatic rings. The number of nitrogens with zero attached hydrogens (tertiary/aromatic N) is 2. The number of hydrogen-bond acceptors (Lipinski definition) is 4. The van der Waals surface area contributed by atoms with E-state index in [2.05, 4.69) is 15.6 Å². The lowest BCUT2D eigenvalue weighted by Gasteiger charge is -2.10. The second-order valence-corrected chi connectivity index (χ2v) is 4.60. The highest BCUT2D eigenvalue weighted by Crippen LogP contribution is 2.13. The molecule has 1 atom stereocenters. The van der Waals surface area contributed by atoms with Crippen molar-refractivity contribution in [1.29, 1.82) is 0 Å². The van der Waals surface area contributed by atoms with Crippen molar-refractivity contribution in [2.45, 2.75) is 17.7 Å². The van der Waals surface area contributed by atoms with Crippen LogP contribution in [-0.2, 0) is 18.4 Å². The van der Waals surface area contributed by atoms with Crippen LogP contribution in [0.5, 0.6) is 0 Å². The van der Waals surface area contributed by atoms with Gasteiger partial charge in [0.05, 0.1) is 18.4 Å². The fourth-order valence-electron chi connectivity index (χ4n) is 1.71. The maximum absolute atomic E-state index is 11.7. The molecular weight excluding hydrogens is 236 g/mol. The van der Waals surface area contributed by atoms with Crippen molar-refractivity contribution < 1.29 is 4.79 Å². The molecule has 2 heterocycles. The average Bonchev–Trinajstić information content (AvgIpc) is 2.96. The van der Waals surface area contributed by atoms with Gasteiger partial charge in [-0.2, -0.15) is 0 Å². The van der Waals surface area contributed by atoms with Crippen LogP contribution in [0.25, 0.3) is 0 Å². The molecular formula is C11H16N4OS. The lowest BCUT2D eigenvalue weighted by Crippen LogP contribution is -2.40. The summed E-state index contributed by atoms with van der Waals surface area (Å²) in [6.45, 7) is 1.27. The quantitative estimate of drug-likeness (QED) is 0.597. The van der Waals surface area contributed by atoms with E-state index in [0.29, 0.717) is 6.54 Å². The molecule has 1 aliphatic heterocycles. The summed E-state index contributed by atoms with van der Waals surface area (Å²) in [6, 6.07) is -0.191. The van der Waals surface area contributed by atoms with Crippen LogP contribution in [-0.4, -0.2) is 34.3 Å². The molecule has 2 N–H and O–H groups in total. The van der Waals surface area contributed by atoms with Crippen molar-refractivity contribution >= 4 is 17.7 Å². The Morgan fingerprint density at radius 1 is 1.76 bits per heavy atom. The van der Waals surface area contributed by atoms with Gasteiger partial charge in [0.25, 0.3) is 0 Å². The van der Waals surface area contributed by atoms with Crippen LogP contribution in [0.2, 0.25) is 0 Å². The van der Waals surface area contributed by atoms with Gasteiger partial charge in [0.1, 0.15) is 6.04 Å². The Hall–Kier alpha value is -1.27. The van der Waals surface area contributed by atoms with E-state index in [1.807, 2.05) is 30.0 Å². The molecule has 1 amide bonds. The molecule has 1 aliphatic rings. The predicted octanol–water partition coefficient (Wildman–Crippen LogP) is 0.286. The molecule has 1 aromatic heterocycles. The van der Waals surface area contributed by atoms with Gasteiger partial charge in [-0.3, -0.25) is 10.1 Å². The van der Waals surface area contributed by atoms with Gasteiger partial charge in [0, 0.05) is 13.6 Å². The summed E-state index contributed by atoms with van der Waals surface area (Å²) in [7, 11) is 1.95. The number of imidazole rings is 1. The monoisotopic (exact) mass is 252 g/mol. The van der Waals surface area contributed by atoms with Crippen molar-refractivity contribution in [3.8, 4) is 0 Å². The van der Waals surface area contributed by atoms with Crippen molar-refractivity contribution in [2.75, 3.05) is 12.8 Å². The molecule has 0 aliphatic carbocycles. The maximum Gasteiger partial charge on any atom is 0.241 e. The Morgan fingerprint density at radius 2 is 2.59 bits per heavy atom. The fraction of sp³-hybridized carbons (Fsp3) is 0.455. The Kier molecular flexibility index (Phi) is 3.86. The van der Waals surface area contributed by atoms with Gasteiger partial charge in [0.2, 0.25) is 5.91 Å². The molecule has 1 unspecified atom stereocenters. The first-order valence-corrected chi connectivity index (χ1v) is 6.67. The van der Waals surface area contributed by atoms with E-state index in [9.17, 15) is 4.79 Å². The van der Waals surface area contributed by atoms with Gasteiger partial charge in [0.15, 0.2) is 5.16 Å². The van der Waals surface area contributed by atoms with E-state index in [4.69, 9.17) is 0 Å². The summed E-state index contributed by atoms with van der Waals surface area (Å²) in [5.41, 5.74) is 1.00. The first kappa shape index (κ1) is 12.2. The van der Waals surface area contributed by atoms with Gasteiger partial charge in [-0.15, -0.1) is 0 Å². The minimum atomic E-state index is -0.191. The highest BCUT2D eigenvalue weighted by Gasteiger charge is 2.17. The largest absolute Gasteiger partial charge is 0.349 e.